The molecule has 0 aliphatic heterocycles. The third-order valence-corrected chi connectivity index (χ3v) is 2.15. The molecule has 0 bridgehead atoms. The van der Waals surface area contributed by atoms with Gasteiger partial charge in [0.05, 0.1) is 20.3 Å². The van der Waals surface area contributed by atoms with Crippen LogP contribution >= 0.6 is 0 Å². The molecule has 90 valence electrons. The van der Waals surface area contributed by atoms with Crippen LogP contribution in [0.5, 0.6) is 11.5 Å². The highest BCUT2D eigenvalue weighted by Gasteiger charge is 2.04. The first kappa shape index (κ1) is 12.8. The highest BCUT2D eigenvalue weighted by molar-refractivity contribution is 5.42. The van der Waals surface area contributed by atoms with Crippen molar-refractivity contribution in [1.82, 2.24) is 0 Å². The van der Waals surface area contributed by atoms with Gasteiger partial charge < -0.3 is 14.2 Å². The summed E-state index contributed by atoms with van der Waals surface area (Å²) in [5.74, 6) is 1.55. The normalized spacial score (nSPS) is 10.2. The minimum absolute atomic E-state index is 0.622. The minimum atomic E-state index is 0.622. The van der Waals surface area contributed by atoms with Gasteiger partial charge in [-0.15, -0.1) is 0 Å². The molecule has 3 heteroatoms. The first-order valence-electron chi connectivity index (χ1n) is 5.69. The maximum absolute atomic E-state index is 5.47. The molecule has 1 rings (SSSR count). The van der Waals surface area contributed by atoms with E-state index in [1.54, 1.807) is 7.11 Å². The van der Waals surface area contributed by atoms with E-state index >= 15 is 0 Å². The van der Waals surface area contributed by atoms with E-state index in [9.17, 15) is 0 Å². The van der Waals surface area contributed by atoms with Crippen molar-refractivity contribution in [2.75, 3.05) is 20.3 Å². The number of benzene rings is 1. The molecule has 0 amide bonds. The van der Waals surface area contributed by atoms with Crippen molar-refractivity contribution in [1.29, 1.82) is 0 Å². The molecular formula is C13H20O3. The summed E-state index contributed by atoms with van der Waals surface area (Å²) in [5, 5.41) is 0. The van der Waals surface area contributed by atoms with Crippen LogP contribution in [0.25, 0.3) is 0 Å². The molecule has 0 heterocycles. The molecule has 1 aromatic rings. The summed E-state index contributed by atoms with van der Waals surface area (Å²) in [6.45, 7) is 6.10. The number of ether oxygens (including phenoxy) is 3. The van der Waals surface area contributed by atoms with E-state index in [0.29, 0.717) is 13.2 Å². The molecule has 1 aromatic carbocycles. The van der Waals surface area contributed by atoms with Gasteiger partial charge in [0.1, 0.15) is 0 Å². The van der Waals surface area contributed by atoms with Crippen molar-refractivity contribution in [2.45, 2.75) is 26.9 Å². The topological polar surface area (TPSA) is 27.7 Å². The van der Waals surface area contributed by atoms with Crippen LogP contribution in [0.2, 0.25) is 0 Å². The summed E-state index contributed by atoms with van der Waals surface area (Å²) >= 11 is 0. The van der Waals surface area contributed by atoms with E-state index in [0.717, 1.165) is 30.1 Å². The van der Waals surface area contributed by atoms with E-state index in [4.69, 9.17) is 14.2 Å². The molecule has 0 fully saturated rings. The van der Waals surface area contributed by atoms with Gasteiger partial charge in [-0.2, -0.15) is 0 Å². The molecule has 0 spiro atoms. The Morgan fingerprint density at radius 3 is 2.56 bits per heavy atom. The van der Waals surface area contributed by atoms with Crippen molar-refractivity contribution in [3.63, 3.8) is 0 Å². The van der Waals surface area contributed by atoms with Crippen LogP contribution in [0.3, 0.4) is 0 Å². The van der Waals surface area contributed by atoms with Crippen LogP contribution in [0.15, 0.2) is 18.2 Å². The average molecular weight is 224 g/mol. The van der Waals surface area contributed by atoms with Crippen LogP contribution in [0, 0.1) is 0 Å². The Morgan fingerprint density at radius 1 is 1.12 bits per heavy atom. The fourth-order valence-electron chi connectivity index (χ4n) is 1.41. The van der Waals surface area contributed by atoms with Gasteiger partial charge in [0.15, 0.2) is 11.5 Å². The van der Waals surface area contributed by atoms with Crippen LogP contribution in [0.4, 0.5) is 0 Å². The second kappa shape index (κ2) is 7.12. The maximum Gasteiger partial charge on any atom is 0.161 e. The third-order valence-electron chi connectivity index (χ3n) is 2.15. The maximum atomic E-state index is 5.47. The Morgan fingerprint density at radius 2 is 1.94 bits per heavy atom. The number of rotatable bonds is 7. The van der Waals surface area contributed by atoms with Gasteiger partial charge in [-0.25, -0.2) is 0 Å². The summed E-state index contributed by atoms with van der Waals surface area (Å²) in [5.41, 5.74) is 1.11. The van der Waals surface area contributed by atoms with Crippen molar-refractivity contribution in [2.24, 2.45) is 0 Å². The molecule has 0 aliphatic rings. The molecule has 16 heavy (non-hydrogen) atoms. The lowest BCUT2D eigenvalue weighted by molar-refractivity contribution is 0.121. The van der Waals surface area contributed by atoms with Gasteiger partial charge in [0.2, 0.25) is 0 Å². The fraction of sp³-hybridized carbons (Fsp3) is 0.538. The quantitative estimate of drug-likeness (QED) is 0.666. The van der Waals surface area contributed by atoms with Crippen molar-refractivity contribution in [3.05, 3.63) is 23.8 Å². The zero-order chi connectivity index (χ0) is 11.8. The van der Waals surface area contributed by atoms with Gasteiger partial charge in [-0.1, -0.05) is 13.0 Å². The van der Waals surface area contributed by atoms with Gasteiger partial charge in [-0.3, -0.25) is 0 Å². The van der Waals surface area contributed by atoms with E-state index in [1.807, 2.05) is 25.1 Å². The van der Waals surface area contributed by atoms with Crippen molar-refractivity contribution >= 4 is 0 Å². The zero-order valence-electron chi connectivity index (χ0n) is 10.3. The molecule has 0 aliphatic carbocycles. The Bertz CT molecular complexity index is 310. The fourth-order valence-corrected chi connectivity index (χ4v) is 1.41. The summed E-state index contributed by atoms with van der Waals surface area (Å²) in [4.78, 5) is 0. The van der Waals surface area contributed by atoms with Crippen molar-refractivity contribution in [3.8, 4) is 11.5 Å². The molecule has 0 radical (unpaired) electrons. The van der Waals surface area contributed by atoms with E-state index in [-0.39, 0.29) is 0 Å². The lowest BCUT2D eigenvalue weighted by atomic mass is 10.2. The lowest BCUT2D eigenvalue weighted by Gasteiger charge is -2.11. The third kappa shape index (κ3) is 3.74. The number of hydrogen-bond acceptors (Lipinski definition) is 3. The lowest BCUT2D eigenvalue weighted by Crippen LogP contribution is -1.98. The molecule has 0 atom stereocenters. The van der Waals surface area contributed by atoms with Gasteiger partial charge in [-0.05, 0) is 31.0 Å². The highest BCUT2D eigenvalue weighted by Crippen LogP contribution is 2.28. The van der Waals surface area contributed by atoms with Crippen LogP contribution < -0.4 is 9.47 Å². The van der Waals surface area contributed by atoms with Gasteiger partial charge >= 0.3 is 0 Å². The standard InChI is InChI=1S/C13H20O3/c1-4-8-15-10-11-6-7-12(16-5-2)13(9-11)14-3/h6-7,9H,4-5,8,10H2,1-3H3. The Balaban J connectivity index is 2.66. The molecular weight excluding hydrogens is 204 g/mol. The minimum Gasteiger partial charge on any atom is -0.493 e. The second-order valence-corrected chi connectivity index (χ2v) is 3.47. The number of methoxy groups -OCH3 is 1. The predicted molar refractivity (Wildman–Crippen MR) is 64.1 cm³/mol. The molecule has 3 nitrogen and oxygen atoms in total. The molecule has 0 saturated carbocycles. The summed E-state index contributed by atoms with van der Waals surface area (Å²) in [7, 11) is 1.65. The van der Waals surface area contributed by atoms with Crippen LogP contribution in [-0.2, 0) is 11.3 Å². The molecule has 0 N–H and O–H groups in total. The SMILES string of the molecule is CCCOCc1ccc(OCC)c(OC)c1. The van der Waals surface area contributed by atoms with E-state index < -0.39 is 0 Å². The van der Waals surface area contributed by atoms with Crippen molar-refractivity contribution < 1.29 is 14.2 Å². The average Bonchev–Trinajstić information content (AvgIpc) is 2.31. The first-order chi connectivity index (χ1) is 7.81. The molecule has 0 aromatic heterocycles. The first-order valence-corrected chi connectivity index (χ1v) is 5.69. The van der Waals surface area contributed by atoms with Crippen LogP contribution in [-0.4, -0.2) is 20.3 Å². The second-order valence-electron chi connectivity index (χ2n) is 3.47. The van der Waals surface area contributed by atoms with Gasteiger partial charge in [0, 0.05) is 6.61 Å². The highest BCUT2D eigenvalue weighted by atomic mass is 16.5. The summed E-state index contributed by atoms with van der Waals surface area (Å²) < 4.78 is 16.2. The largest absolute Gasteiger partial charge is 0.493 e. The van der Waals surface area contributed by atoms with Crippen LogP contribution in [0.1, 0.15) is 25.8 Å². The predicted octanol–water partition coefficient (Wildman–Crippen LogP) is 3.02. The van der Waals surface area contributed by atoms with E-state index in [2.05, 4.69) is 6.92 Å². The van der Waals surface area contributed by atoms with E-state index in [1.165, 1.54) is 0 Å². The monoisotopic (exact) mass is 224 g/mol. The Hall–Kier alpha value is -1.22. The molecule has 0 unspecified atom stereocenters. The Labute approximate surface area is 97.3 Å². The zero-order valence-corrected chi connectivity index (χ0v) is 10.3. The van der Waals surface area contributed by atoms with Gasteiger partial charge in [0.25, 0.3) is 0 Å². The number of hydrogen-bond donors (Lipinski definition) is 0. The Kier molecular flexibility index (Phi) is 5.72. The summed E-state index contributed by atoms with van der Waals surface area (Å²) in [6.07, 6.45) is 1.04. The summed E-state index contributed by atoms with van der Waals surface area (Å²) in [6, 6.07) is 5.89. The molecule has 0 saturated heterocycles. The smallest absolute Gasteiger partial charge is 0.161 e.